The van der Waals surface area contributed by atoms with Gasteiger partial charge in [-0.2, -0.15) is 8.78 Å². The average molecular weight is 726 g/mol. The van der Waals surface area contributed by atoms with Gasteiger partial charge in [0.2, 0.25) is 14.9 Å². The normalized spacial score (nSPS) is 22.5. The largest absolute Gasteiger partial charge is 0.445 e. The van der Waals surface area contributed by atoms with E-state index in [1.165, 1.54) is 4.73 Å². The third-order valence-corrected chi connectivity index (χ3v) is 11.8. The van der Waals surface area contributed by atoms with Crippen LogP contribution in [0.4, 0.5) is 18.4 Å². The molecule has 0 bridgehead atoms. The summed E-state index contributed by atoms with van der Waals surface area (Å²) in [5, 5.41) is 0. The first-order chi connectivity index (χ1) is 24.3. The summed E-state index contributed by atoms with van der Waals surface area (Å²) in [5.74, 6) is 0.962. The van der Waals surface area contributed by atoms with Crippen LogP contribution in [0.25, 0.3) is 0 Å². The van der Waals surface area contributed by atoms with E-state index in [2.05, 4.69) is 6.58 Å². The number of allylic oxidation sites excluding steroid dienone is 1. The van der Waals surface area contributed by atoms with E-state index in [0.29, 0.717) is 49.9 Å². The van der Waals surface area contributed by atoms with Gasteiger partial charge in [-0.3, -0.25) is 14.7 Å². The molecule has 51 heavy (non-hydrogen) atoms. The van der Waals surface area contributed by atoms with E-state index in [1.807, 2.05) is 67.6 Å². The number of nitrogens with zero attached hydrogens (tertiary/aromatic N) is 3. The Hall–Kier alpha value is -4.07. The maximum Gasteiger partial charge on any atom is 0.425 e. The number of amides is 2. The standard InChI is InChI=1S/C38H49F2N3O7Si/c1-6-19-38(39,40)49-31-22-30(23-31)33-27(2)17-20-41-34(48-33)32-18-21-51(26-42(32)35(44)50-37(3,4)5)43(47-25-29-15-11-8-12-16-29)36(45)46-24-28-13-9-7-10-14-28/h6-16,30-32,51H,1,17-26H2,2-5H3/t30?,31?,32-,51+/m1/s1. The van der Waals surface area contributed by atoms with Crippen molar-refractivity contribution >= 4 is 27.0 Å². The topological polar surface area (TPSA) is 99.1 Å². The van der Waals surface area contributed by atoms with Gasteiger partial charge in [0.25, 0.3) is 0 Å². The summed E-state index contributed by atoms with van der Waals surface area (Å²) in [6, 6.07) is 18.9. The quantitative estimate of drug-likeness (QED) is 0.124. The Morgan fingerprint density at radius 3 is 2.33 bits per heavy atom. The Labute approximate surface area is 300 Å². The molecule has 2 aromatic carbocycles. The van der Waals surface area contributed by atoms with Gasteiger partial charge in [-0.05, 0) is 76.1 Å². The first-order valence-electron chi connectivity index (χ1n) is 17.6. The monoisotopic (exact) mass is 725 g/mol. The molecule has 0 aromatic heterocycles. The van der Waals surface area contributed by atoms with Crippen LogP contribution in [0.3, 0.4) is 0 Å². The van der Waals surface area contributed by atoms with E-state index in [1.54, 1.807) is 25.7 Å². The summed E-state index contributed by atoms with van der Waals surface area (Å²) >= 11 is 0. The first-order valence-corrected chi connectivity index (χ1v) is 19.7. The number of rotatable bonds is 12. The number of hydrogen-bond donors (Lipinski definition) is 0. The van der Waals surface area contributed by atoms with Crippen molar-refractivity contribution in [3.63, 3.8) is 0 Å². The van der Waals surface area contributed by atoms with Gasteiger partial charge >= 0.3 is 18.3 Å². The Morgan fingerprint density at radius 2 is 1.71 bits per heavy atom. The zero-order valence-electron chi connectivity index (χ0n) is 29.9. The van der Waals surface area contributed by atoms with Crippen molar-refractivity contribution in [1.29, 1.82) is 0 Å². The highest BCUT2D eigenvalue weighted by molar-refractivity contribution is 6.58. The molecule has 13 heteroatoms. The number of benzene rings is 2. The highest BCUT2D eigenvalue weighted by atomic mass is 28.3. The summed E-state index contributed by atoms with van der Waals surface area (Å²) in [5.41, 5.74) is 1.93. The number of alkyl halides is 2. The van der Waals surface area contributed by atoms with Gasteiger partial charge in [0.15, 0.2) is 0 Å². The molecule has 2 atom stereocenters. The van der Waals surface area contributed by atoms with Crippen molar-refractivity contribution in [3.8, 4) is 0 Å². The highest BCUT2D eigenvalue weighted by Gasteiger charge is 2.46. The molecular weight excluding hydrogens is 677 g/mol. The third-order valence-electron chi connectivity index (χ3n) is 8.98. The summed E-state index contributed by atoms with van der Waals surface area (Å²) in [4.78, 5) is 40.2. The fourth-order valence-electron chi connectivity index (χ4n) is 6.36. The van der Waals surface area contributed by atoms with E-state index in [9.17, 15) is 18.4 Å². The number of hydrogen-bond acceptors (Lipinski definition) is 8. The molecule has 1 saturated heterocycles. The van der Waals surface area contributed by atoms with Gasteiger partial charge < -0.3 is 18.9 Å². The minimum absolute atomic E-state index is 0.0719. The second-order valence-corrected chi connectivity index (χ2v) is 17.0. The van der Waals surface area contributed by atoms with Crippen LogP contribution < -0.4 is 0 Å². The lowest BCUT2D eigenvalue weighted by molar-refractivity contribution is -0.277. The van der Waals surface area contributed by atoms with Gasteiger partial charge in [0.05, 0.1) is 19.1 Å². The molecule has 0 spiro atoms. The van der Waals surface area contributed by atoms with E-state index in [4.69, 9.17) is 28.8 Å². The maximum atomic E-state index is 14.1. The van der Waals surface area contributed by atoms with E-state index >= 15 is 0 Å². The Balaban J connectivity index is 1.34. The van der Waals surface area contributed by atoms with Crippen LogP contribution in [0.2, 0.25) is 6.04 Å². The van der Waals surface area contributed by atoms with Gasteiger partial charge in [0.1, 0.15) is 24.0 Å². The molecule has 10 nitrogen and oxygen atoms in total. The number of ether oxygens (including phenoxy) is 4. The minimum atomic E-state index is -3.26. The molecule has 2 aromatic rings. The summed E-state index contributed by atoms with van der Waals surface area (Å²) in [7, 11) is -2.39. The van der Waals surface area contributed by atoms with Crippen LogP contribution in [0, 0.1) is 5.92 Å². The summed E-state index contributed by atoms with van der Waals surface area (Å²) in [6.07, 6.45) is -2.36. The predicted octanol–water partition coefficient (Wildman–Crippen LogP) is 8.09. The molecule has 276 valence electrons. The second-order valence-electron chi connectivity index (χ2n) is 14.3. The number of carbonyl (C=O) groups excluding carboxylic acids is 2. The second kappa shape index (κ2) is 17.0. The zero-order chi connectivity index (χ0) is 36.6. The molecular formula is C38H49F2N3O7Si. The SMILES string of the molecule is C=CCC(F)(F)OC1CC(C2=C(C)CCN=C([C@H]3CC[Si@H](N(OCc4ccccc4)C(=O)OCc4ccccc4)CN3C(=O)OC(C)(C)C)O2)C1. The molecule has 0 radical (unpaired) electrons. The van der Waals surface area contributed by atoms with Crippen molar-refractivity contribution in [1.82, 2.24) is 9.63 Å². The van der Waals surface area contributed by atoms with E-state index < -0.39 is 51.4 Å². The molecule has 0 unspecified atom stereocenters. The van der Waals surface area contributed by atoms with Crippen molar-refractivity contribution in [2.24, 2.45) is 10.9 Å². The van der Waals surface area contributed by atoms with Crippen molar-refractivity contribution in [2.75, 3.05) is 12.7 Å². The van der Waals surface area contributed by atoms with Gasteiger partial charge in [0, 0.05) is 18.6 Å². The number of carbonyl (C=O) groups is 2. The molecule has 2 aliphatic heterocycles. The molecule has 1 saturated carbocycles. The molecule has 2 amide bonds. The van der Waals surface area contributed by atoms with Gasteiger partial charge in [-0.1, -0.05) is 66.7 Å². The Kier molecular flexibility index (Phi) is 12.7. The third kappa shape index (κ3) is 10.7. The number of aliphatic imine (C=N–C) groups is 1. The van der Waals surface area contributed by atoms with E-state index in [-0.39, 0.29) is 25.3 Å². The number of hydroxylamine groups is 1. The van der Waals surface area contributed by atoms with Crippen LogP contribution in [-0.4, -0.2) is 73.2 Å². The van der Waals surface area contributed by atoms with Gasteiger partial charge in [-0.15, -0.1) is 6.58 Å². The minimum Gasteiger partial charge on any atom is -0.445 e. The number of halogens is 2. The fraction of sp³-hybridized carbons (Fsp3) is 0.500. The van der Waals surface area contributed by atoms with E-state index in [0.717, 1.165) is 22.8 Å². The lowest BCUT2D eigenvalue weighted by atomic mass is 9.79. The van der Waals surface area contributed by atoms with Crippen LogP contribution in [0.15, 0.2) is 89.6 Å². The smallest absolute Gasteiger partial charge is 0.425 e. The first kappa shape index (κ1) is 38.2. The van der Waals surface area contributed by atoms with Crippen LogP contribution >= 0.6 is 0 Å². The lowest BCUT2D eigenvalue weighted by Gasteiger charge is -2.42. The molecule has 5 rings (SSSR count). The van der Waals surface area contributed by atoms with Crippen LogP contribution in [0.5, 0.6) is 0 Å². The van der Waals surface area contributed by atoms with Crippen LogP contribution in [-0.2, 0) is 37.0 Å². The lowest BCUT2D eigenvalue weighted by Crippen LogP contribution is -2.60. The molecule has 1 aliphatic carbocycles. The molecule has 0 N–H and O–H groups in total. The van der Waals surface area contributed by atoms with Crippen molar-refractivity contribution in [3.05, 3.63) is 95.8 Å². The van der Waals surface area contributed by atoms with Crippen molar-refractivity contribution in [2.45, 2.75) is 103 Å². The summed E-state index contributed by atoms with van der Waals surface area (Å²) < 4.78 is 52.8. The Morgan fingerprint density at radius 1 is 1.06 bits per heavy atom. The predicted molar refractivity (Wildman–Crippen MR) is 191 cm³/mol. The Bertz CT molecular complexity index is 1560. The highest BCUT2D eigenvalue weighted by Crippen LogP contribution is 2.42. The van der Waals surface area contributed by atoms with Crippen LogP contribution in [0.1, 0.15) is 70.9 Å². The van der Waals surface area contributed by atoms with Gasteiger partial charge in [-0.25, -0.2) is 14.3 Å². The molecule has 2 heterocycles. The average Bonchev–Trinajstić information content (AvgIpc) is 3.26. The molecule has 2 fully saturated rings. The molecule has 3 aliphatic rings. The van der Waals surface area contributed by atoms with Crippen molar-refractivity contribution < 1.29 is 42.2 Å². The summed E-state index contributed by atoms with van der Waals surface area (Å²) in [6.45, 7) is 11.4. The zero-order valence-corrected chi connectivity index (χ0v) is 31.0. The fourth-order valence-corrected chi connectivity index (χ4v) is 9.14. The maximum absolute atomic E-state index is 14.1.